The molecule has 1 aromatic carbocycles. The third-order valence-electron chi connectivity index (χ3n) is 5.79. The molecule has 8 heteroatoms. The van der Waals surface area contributed by atoms with Gasteiger partial charge in [0, 0.05) is 42.3 Å². The molecular formula is C20H20F3N5. The van der Waals surface area contributed by atoms with Crippen LogP contribution in [0.2, 0.25) is 0 Å². The topological polar surface area (TPSA) is 46.8 Å². The van der Waals surface area contributed by atoms with Crippen molar-refractivity contribution in [1.29, 1.82) is 0 Å². The summed E-state index contributed by atoms with van der Waals surface area (Å²) in [4.78, 5) is 6.40. The molecule has 0 bridgehead atoms. The lowest BCUT2D eigenvalue weighted by Gasteiger charge is -2.34. The predicted octanol–water partition coefficient (Wildman–Crippen LogP) is 4.56. The second-order valence-corrected chi connectivity index (χ2v) is 7.65. The fourth-order valence-electron chi connectivity index (χ4n) is 4.14. The van der Waals surface area contributed by atoms with Gasteiger partial charge in [0.05, 0.1) is 11.1 Å². The number of hydrogen-bond donors (Lipinski definition) is 0. The zero-order chi connectivity index (χ0) is 19.3. The highest BCUT2D eigenvalue weighted by atomic mass is 19.4. The lowest BCUT2D eigenvalue weighted by molar-refractivity contribution is -0.137. The van der Waals surface area contributed by atoms with Gasteiger partial charge in [-0.2, -0.15) is 13.2 Å². The first-order chi connectivity index (χ1) is 13.5. The SMILES string of the molecule is FC(F)(F)c1ccc2c(N3CCC(c4nncn4C4CC4)CC3)ccnc2c1. The Morgan fingerprint density at radius 2 is 1.79 bits per heavy atom. The minimum Gasteiger partial charge on any atom is -0.371 e. The Morgan fingerprint density at radius 1 is 1.00 bits per heavy atom. The summed E-state index contributed by atoms with van der Waals surface area (Å²) in [6.45, 7) is 1.67. The summed E-state index contributed by atoms with van der Waals surface area (Å²) in [6, 6.07) is 6.26. The quantitative estimate of drug-likeness (QED) is 0.661. The molecule has 5 rings (SSSR count). The fraction of sp³-hybridized carbons (Fsp3) is 0.450. The van der Waals surface area contributed by atoms with Gasteiger partial charge in [-0.15, -0.1) is 10.2 Å². The van der Waals surface area contributed by atoms with Crippen molar-refractivity contribution in [1.82, 2.24) is 19.7 Å². The van der Waals surface area contributed by atoms with Crippen LogP contribution in [0.25, 0.3) is 10.9 Å². The standard InChI is InChI=1S/C20H20F3N5/c21-20(22,23)14-1-4-16-17(11-14)24-8-5-18(16)27-9-6-13(7-10-27)19-26-25-12-28(19)15-2-3-15/h1,4-5,8,11-13,15H,2-3,6-7,9-10H2. The molecule has 1 aliphatic heterocycles. The summed E-state index contributed by atoms with van der Waals surface area (Å²) < 4.78 is 41.2. The predicted molar refractivity (Wildman–Crippen MR) is 99.2 cm³/mol. The van der Waals surface area contributed by atoms with Crippen LogP contribution in [-0.4, -0.2) is 32.8 Å². The Bertz CT molecular complexity index is 1000. The number of alkyl halides is 3. The number of benzene rings is 1. The molecule has 0 spiro atoms. The maximum Gasteiger partial charge on any atom is 0.416 e. The van der Waals surface area contributed by atoms with Gasteiger partial charge in [-0.3, -0.25) is 4.98 Å². The number of halogens is 3. The molecule has 3 heterocycles. The maximum atomic E-state index is 13.0. The Labute approximate surface area is 160 Å². The molecule has 1 aliphatic carbocycles. The average Bonchev–Trinajstić information content (AvgIpc) is 3.43. The minimum atomic E-state index is -4.36. The van der Waals surface area contributed by atoms with Gasteiger partial charge in [-0.25, -0.2) is 0 Å². The van der Waals surface area contributed by atoms with Crippen LogP contribution in [0.1, 0.15) is 49.0 Å². The van der Waals surface area contributed by atoms with Crippen molar-refractivity contribution in [2.75, 3.05) is 18.0 Å². The van der Waals surface area contributed by atoms with E-state index in [-0.39, 0.29) is 0 Å². The Balaban J connectivity index is 1.37. The first-order valence-electron chi connectivity index (χ1n) is 9.61. The first kappa shape index (κ1) is 17.5. The zero-order valence-corrected chi connectivity index (χ0v) is 15.2. The van der Waals surface area contributed by atoms with Crippen LogP contribution in [0.15, 0.2) is 36.8 Å². The Hall–Kier alpha value is -2.64. The van der Waals surface area contributed by atoms with Gasteiger partial charge < -0.3 is 9.47 Å². The van der Waals surface area contributed by atoms with Crippen LogP contribution in [0.5, 0.6) is 0 Å². The van der Waals surface area contributed by atoms with E-state index in [1.165, 1.54) is 18.9 Å². The van der Waals surface area contributed by atoms with Crippen molar-refractivity contribution < 1.29 is 13.2 Å². The largest absolute Gasteiger partial charge is 0.416 e. The van der Waals surface area contributed by atoms with Gasteiger partial charge in [-0.05, 0) is 43.9 Å². The van der Waals surface area contributed by atoms with Crippen molar-refractivity contribution in [2.24, 2.45) is 0 Å². The van der Waals surface area contributed by atoms with Crippen LogP contribution in [0.3, 0.4) is 0 Å². The third-order valence-corrected chi connectivity index (χ3v) is 5.79. The lowest BCUT2D eigenvalue weighted by atomic mass is 9.95. The summed E-state index contributed by atoms with van der Waals surface area (Å²) in [5.41, 5.74) is 0.659. The molecule has 1 saturated heterocycles. The van der Waals surface area contributed by atoms with Crippen LogP contribution in [0.4, 0.5) is 18.9 Å². The van der Waals surface area contributed by atoms with Gasteiger partial charge in [0.25, 0.3) is 0 Å². The number of nitrogens with zero attached hydrogens (tertiary/aromatic N) is 5. The van der Waals surface area contributed by atoms with Crippen molar-refractivity contribution in [3.8, 4) is 0 Å². The average molecular weight is 387 g/mol. The molecule has 146 valence electrons. The lowest BCUT2D eigenvalue weighted by Crippen LogP contribution is -2.33. The molecule has 0 unspecified atom stereocenters. The zero-order valence-electron chi connectivity index (χ0n) is 15.2. The minimum absolute atomic E-state index is 0.378. The van der Waals surface area contributed by atoms with Crippen molar-refractivity contribution in [3.63, 3.8) is 0 Å². The molecule has 3 aromatic rings. The summed E-state index contributed by atoms with van der Waals surface area (Å²) in [5.74, 6) is 1.46. The molecular weight excluding hydrogens is 367 g/mol. The highest BCUT2D eigenvalue weighted by Gasteiger charge is 2.32. The smallest absolute Gasteiger partial charge is 0.371 e. The van der Waals surface area contributed by atoms with Gasteiger partial charge in [-0.1, -0.05) is 6.07 Å². The molecule has 2 fully saturated rings. The van der Waals surface area contributed by atoms with E-state index >= 15 is 0 Å². The van der Waals surface area contributed by atoms with Crippen molar-refractivity contribution in [3.05, 3.63) is 48.2 Å². The number of aromatic nitrogens is 4. The summed E-state index contributed by atoms with van der Waals surface area (Å²) >= 11 is 0. The summed E-state index contributed by atoms with van der Waals surface area (Å²) in [5, 5.41) is 9.22. The second kappa shape index (κ2) is 6.46. The van der Waals surface area contributed by atoms with E-state index in [4.69, 9.17) is 0 Å². The maximum absolute atomic E-state index is 13.0. The number of piperidine rings is 1. The highest BCUT2D eigenvalue weighted by molar-refractivity contribution is 5.92. The summed E-state index contributed by atoms with van der Waals surface area (Å²) in [7, 11) is 0. The van der Waals surface area contributed by atoms with Crippen LogP contribution < -0.4 is 4.90 Å². The van der Waals surface area contributed by atoms with Gasteiger partial charge in [0.15, 0.2) is 0 Å². The fourth-order valence-corrected chi connectivity index (χ4v) is 4.14. The summed E-state index contributed by atoms with van der Waals surface area (Å²) in [6.07, 6.45) is 3.38. The number of rotatable bonds is 3. The molecule has 0 atom stereocenters. The number of fused-ring (bicyclic) bond motifs is 1. The molecule has 0 N–H and O–H groups in total. The normalized spacial score (nSPS) is 18.8. The molecule has 28 heavy (non-hydrogen) atoms. The second-order valence-electron chi connectivity index (χ2n) is 7.65. The Morgan fingerprint density at radius 3 is 2.50 bits per heavy atom. The molecule has 5 nitrogen and oxygen atoms in total. The van der Waals surface area contributed by atoms with Crippen LogP contribution in [-0.2, 0) is 6.18 Å². The van der Waals surface area contributed by atoms with Gasteiger partial charge in [0.2, 0.25) is 0 Å². The van der Waals surface area contributed by atoms with Gasteiger partial charge in [0.1, 0.15) is 12.2 Å². The van der Waals surface area contributed by atoms with E-state index in [1.54, 1.807) is 6.20 Å². The highest BCUT2D eigenvalue weighted by Crippen LogP contribution is 2.39. The number of hydrogen-bond acceptors (Lipinski definition) is 4. The third kappa shape index (κ3) is 3.10. The van der Waals surface area contributed by atoms with Crippen molar-refractivity contribution in [2.45, 2.75) is 43.8 Å². The monoisotopic (exact) mass is 387 g/mol. The molecule has 0 amide bonds. The van der Waals surface area contributed by atoms with E-state index in [0.29, 0.717) is 17.5 Å². The first-order valence-corrected chi connectivity index (χ1v) is 9.61. The van der Waals surface area contributed by atoms with Crippen LogP contribution in [0, 0.1) is 0 Å². The number of pyridine rings is 1. The van der Waals surface area contributed by atoms with Crippen LogP contribution >= 0.6 is 0 Å². The van der Waals surface area contributed by atoms with E-state index in [2.05, 4.69) is 24.6 Å². The molecule has 2 aromatic heterocycles. The van der Waals surface area contributed by atoms with E-state index in [9.17, 15) is 13.2 Å². The Kier molecular flexibility index (Phi) is 4.03. The molecule has 0 radical (unpaired) electrons. The molecule has 1 saturated carbocycles. The van der Waals surface area contributed by atoms with Gasteiger partial charge >= 0.3 is 6.18 Å². The number of anilines is 1. The molecule has 2 aliphatic rings. The van der Waals surface area contributed by atoms with E-state index in [1.807, 2.05) is 12.4 Å². The van der Waals surface area contributed by atoms with E-state index in [0.717, 1.165) is 55.0 Å². The van der Waals surface area contributed by atoms with E-state index < -0.39 is 11.7 Å². The van der Waals surface area contributed by atoms with Crippen molar-refractivity contribution >= 4 is 16.6 Å².